The fourth-order valence-electron chi connectivity index (χ4n) is 10.7. The van der Waals surface area contributed by atoms with E-state index in [2.05, 4.69) is 267 Å². The molecular formula is C70H62N2. The smallest absolute Gasteiger partial charge is 0.0620 e. The number of benzene rings is 8. The highest BCUT2D eigenvalue weighted by Gasteiger charge is 2.24. The summed E-state index contributed by atoms with van der Waals surface area (Å²) in [7, 11) is 0. The highest BCUT2D eigenvalue weighted by atomic mass is 15.0. The summed E-state index contributed by atoms with van der Waals surface area (Å²) in [6.45, 7) is 14.7. The molecule has 2 heterocycles. The molecule has 0 radical (unpaired) electrons. The van der Waals surface area contributed by atoms with E-state index in [4.69, 9.17) is 0 Å². The van der Waals surface area contributed by atoms with Crippen LogP contribution in [0.1, 0.15) is 70.6 Å². The van der Waals surface area contributed by atoms with E-state index in [0.717, 1.165) is 47.3 Å². The molecule has 72 heavy (non-hydrogen) atoms. The summed E-state index contributed by atoms with van der Waals surface area (Å²) >= 11 is 0. The second-order valence-corrected chi connectivity index (χ2v) is 18.1. The quantitative estimate of drug-likeness (QED) is 0.108. The first kappa shape index (κ1) is 47.2. The number of hydrogen-bond donors (Lipinski definition) is 0. The SMILES string of the molecule is C=C/C(=C\C=C/C)c1cc(C(/C=C\C)=C/CC)c2c(c1)c1cccc(-c3ccc4c(c3)c3cc(C5=CCCC=C5)cc(-c5ccccc5)c3n4-c3cccc(-c4ccccc4)c3)c1n2-c1ccccc1.CC. The molecule has 10 aromatic rings. The van der Waals surface area contributed by atoms with Crippen LogP contribution in [0.3, 0.4) is 0 Å². The summed E-state index contributed by atoms with van der Waals surface area (Å²) in [4.78, 5) is 0. The van der Waals surface area contributed by atoms with Crippen molar-refractivity contribution in [2.75, 3.05) is 0 Å². The van der Waals surface area contributed by atoms with Gasteiger partial charge in [-0.3, -0.25) is 0 Å². The number of allylic oxidation sites excluding steroid dienone is 13. The van der Waals surface area contributed by atoms with E-state index in [1.165, 1.54) is 93.7 Å². The van der Waals surface area contributed by atoms with Gasteiger partial charge in [-0.05, 0) is 144 Å². The van der Waals surface area contributed by atoms with E-state index in [9.17, 15) is 0 Å². The van der Waals surface area contributed by atoms with Crippen LogP contribution in [0.15, 0.2) is 243 Å². The van der Waals surface area contributed by atoms with E-state index in [1.807, 2.05) is 19.9 Å². The third kappa shape index (κ3) is 8.75. The van der Waals surface area contributed by atoms with Crippen molar-refractivity contribution in [2.24, 2.45) is 0 Å². The van der Waals surface area contributed by atoms with Gasteiger partial charge in [-0.15, -0.1) is 0 Å². The molecule has 1 aliphatic rings. The molecule has 2 heteroatoms. The van der Waals surface area contributed by atoms with Crippen LogP contribution in [-0.2, 0) is 0 Å². The van der Waals surface area contributed by atoms with Crippen molar-refractivity contribution >= 4 is 60.3 Å². The topological polar surface area (TPSA) is 9.86 Å². The van der Waals surface area contributed by atoms with Crippen molar-refractivity contribution in [1.29, 1.82) is 0 Å². The zero-order valence-corrected chi connectivity index (χ0v) is 42.2. The number of hydrogen-bond acceptors (Lipinski definition) is 0. The molecular weight excluding hydrogens is 869 g/mol. The fourth-order valence-corrected chi connectivity index (χ4v) is 10.7. The van der Waals surface area contributed by atoms with Gasteiger partial charge in [0.25, 0.3) is 0 Å². The van der Waals surface area contributed by atoms with Gasteiger partial charge in [0.05, 0.1) is 22.1 Å². The minimum Gasteiger partial charge on any atom is -0.309 e. The molecule has 0 unspecified atom stereocenters. The standard InChI is InChI=1S/C68H56N2.C2H6/c1-5-9-26-47(8-4)54-43-60(50(24-6-2)25-7-3)68-63(45-54)59-38-23-37-58(66(59)70(68)56-34-20-13-21-35-56)53-39-40-65-62(42-53)64-46-55(49-29-16-11-17-30-49)44-61(51-31-18-12-19-32-51)67(64)69(65)57-36-22-33-52(41-57)48-27-14-10-15-28-48;1-2/h5-6,8-10,12-16,18-46H,4,7,11,17H2,1-3H3;1-2H3/b9-5-,24-6-,47-26+,50-25+;. The second kappa shape index (κ2) is 21.3. The van der Waals surface area contributed by atoms with Crippen LogP contribution in [0, 0.1) is 0 Å². The maximum atomic E-state index is 4.28. The summed E-state index contributed by atoms with van der Waals surface area (Å²) in [6, 6.07) is 65.3. The lowest BCUT2D eigenvalue weighted by atomic mass is 9.92. The number of aromatic nitrogens is 2. The van der Waals surface area contributed by atoms with Crippen molar-refractivity contribution in [2.45, 2.75) is 53.9 Å². The second-order valence-electron chi connectivity index (χ2n) is 18.1. The summed E-state index contributed by atoms with van der Waals surface area (Å²) in [5, 5.41) is 4.85. The van der Waals surface area contributed by atoms with Gasteiger partial charge < -0.3 is 9.13 Å². The maximum Gasteiger partial charge on any atom is 0.0620 e. The molecule has 2 nitrogen and oxygen atoms in total. The van der Waals surface area contributed by atoms with Crippen LogP contribution in [0.5, 0.6) is 0 Å². The van der Waals surface area contributed by atoms with E-state index in [0.29, 0.717) is 0 Å². The molecule has 0 saturated heterocycles. The molecule has 0 N–H and O–H groups in total. The van der Waals surface area contributed by atoms with Crippen LogP contribution in [-0.4, -0.2) is 9.13 Å². The Kier molecular flexibility index (Phi) is 13.9. The molecule has 2 aromatic heterocycles. The van der Waals surface area contributed by atoms with Crippen molar-refractivity contribution in [3.05, 3.63) is 260 Å². The maximum absolute atomic E-state index is 4.28. The molecule has 0 atom stereocenters. The molecule has 0 saturated carbocycles. The lowest BCUT2D eigenvalue weighted by Gasteiger charge is -2.16. The largest absolute Gasteiger partial charge is 0.309 e. The molecule has 11 rings (SSSR count). The van der Waals surface area contributed by atoms with Gasteiger partial charge >= 0.3 is 0 Å². The van der Waals surface area contributed by atoms with E-state index in [1.54, 1.807) is 0 Å². The van der Waals surface area contributed by atoms with Gasteiger partial charge in [-0.2, -0.15) is 0 Å². The summed E-state index contributed by atoms with van der Waals surface area (Å²) in [5.41, 5.74) is 21.2. The Morgan fingerprint density at radius 1 is 0.528 bits per heavy atom. The third-order valence-corrected chi connectivity index (χ3v) is 13.8. The van der Waals surface area contributed by atoms with Crippen LogP contribution in [0.25, 0.3) is 105 Å². The first-order chi connectivity index (χ1) is 35.6. The van der Waals surface area contributed by atoms with Gasteiger partial charge in [0.2, 0.25) is 0 Å². The lowest BCUT2D eigenvalue weighted by Crippen LogP contribution is -1.99. The van der Waals surface area contributed by atoms with E-state index < -0.39 is 0 Å². The van der Waals surface area contributed by atoms with Gasteiger partial charge in [0, 0.05) is 49.6 Å². The van der Waals surface area contributed by atoms with Gasteiger partial charge in [-0.25, -0.2) is 0 Å². The molecule has 0 bridgehead atoms. The Labute approximate surface area is 425 Å². The van der Waals surface area contributed by atoms with E-state index in [-0.39, 0.29) is 0 Å². The first-order valence-electron chi connectivity index (χ1n) is 25.7. The Bertz CT molecular complexity index is 3810. The van der Waals surface area contributed by atoms with Crippen molar-refractivity contribution in [3.63, 3.8) is 0 Å². The monoisotopic (exact) mass is 930 g/mol. The Morgan fingerprint density at radius 2 is 1.21 bits per heavy atom. The van der Waals surface area contributed by atoms with Crippen LogP contribution >= 0.6 is 0 Å². The van der Waals surface area contributed by atoms with Crippen LogP contribution in [0.4, 0.5) is 0 Å². The van der Waals surface area contributed by atoms with Crippen molar-refractivity contribution in [3.8, 4) is 44.8 Å². The van der Waals surface area contributed by atoms with Crippen LogP contribution < -0.4 is 0 Å². The minimum absolute atomic E-state index is 0.913. The average molecular weight is 931 g/mol. The van der Waals surface area contributed by atoms with Gasteiger partial charge in [-0.1, -0.05) is 203 Å². The number of nitrogens with zero attached hydrogens (tertiary/aromatic N) is 2. The summed E-state index contributed by atoms with van der Waals surface area (Å²) in [6.07, 6.45) is 25.1. The normalized spacial score (nSPS) is 13.2. The predicted octanol–water partition coefficient (Wildman–Crippen LogP) is 20.2. The average Bonchev–Trinajstić information content (AvgIpc) is 3.97. The molecule has 0 spiro atoms. The Morgan fingerprint density at radius 3 is 1.92 bits per heavy atom. The molecule has 8 aromatic carbocycles. The molecule has 0 aliphatic heterocycles. The third-order valence-electron chi connectivity index (χ3n) is 13.8. The van der Waals surface area contributed by atoms with Gasteiger partial charge in [0.15, 0.2) is 0 Å². The minimum atomic E-state index is 0.913. The Balaban J connectivity index is 0.00000295. The first-order valence-corrected chi connectivity index (χ1v) is 25.7. The van der Waals surface area contributed by atoms with Crippen LogP contribution in [0.2, 0.25) is 0 Å². The summed E-state index contributed by atoms with van der Waals surface area (Å²) < 4.78 is 5.03. The number of para-hydroxylation sites is 2. The highest BCUT2D eigenvalue weighted by molar-refractivity contribution is 6.19. The van der Waals surface area contributed by atoms with Crippen molar-refractivity contribution in [1.82, 2.24) is 9.13 Å². The highest BCUT2D eigenvalue weighted by Crippen LogP contribution is 2.46. The molecule has 352 valence electrons. The van der Waals surface area contributed by atoms with Crippen molar-refractivity contribution < 1.29 is 0 Å². The summed E-state index contributed by atoms with van der Waals surface area (Å²) in [5.74, 6) is 0. The van der Waals surface area contributed by atoms with E-state index >= 15 is 0 Å². The zero-order valence-electron chi connectivity index (χ0n) is 42.2. The number of fused-ring (bicyclic) bond motifs is 6. The Hall–Kier alpha value is -8.46. The molecule has 0 fully saturated rings. The zero-order chi connectivity index (χ0) is 49.6. The predicted molar refractivity (Wildman–Crippen MR) is 315 cm³/mol. The number of rotatable bonds is 12. The fraction of sp³-hybridized carbons (Fsp3) is 0.114. The van der Waals surface area contributed by atoms with Gasteiger partial charge in [0.1, 0.15) is 0 Å². The molecule has 1 aliphatic carbocycles. The lowest BCUT2D eigenvalue weighted by molar-refractivity contribution is 1.04. The molecule has 0 amide bonds.